The third-order valence-corrected chi connectivity index (χ3v) is 1.87. The number of benzene rings is 1. The predicted octanol–water partition coefficient (Wildman–Crippen LogP) is 1.59. The highest BCUT2D eigenvalue weighted by atomic mass is 127. The maximum absolute atomic E-state index is 11.2. The number of carbonyl (C=O) groups is 1. The summed E-state index contributed by atoms with van der Waals surface area (Å²) in [5.74, 6) is -0.0220. The van der Waals surface area contributed by atoms with Crippen LogP contribution in [0.25, 0.3) is 0 Å². The molecule has 0 saturated carbocycles. The highest BCUT2D eigenvalue weighted by molar-refractivity contribution is 14.1. The van der Waals surface area contributed by atoms with Crippen molar-refractivity contribution in [2.75, 3.05) is 0 Å². The SMILES string of the molecule is NC(I)C(=O)c1ccccc1. The molecule has 1 atom stereocenters. The first-order valence-electron chi connectivity index (χ1n) is 3.21. The van der Waals surface area contributed by atoms with Crippen LogP contribution in [0.3, 0.4) is 0 Å². The van der Waals surface area contributed by atoms with E-state index in [2.05, 4.69) is 0 Å². The standard InChI is InChI=1S/C8H8INO/c9-8(10)7(11)6-4-2-1-3-5-6/h1-5,8H,10H2. The van der Waals surface area contributed by atoms with E-state index >= 15 is 0 Å². The van der Waals surface area contributed by atoms with Gasteiger partial charge in [-0.2, -0.15) is 0 Å². The molecule has 1 rings (SSSR count). The second-order valence-corrected chi connectivity index (χ2v) is 3.47. The van der Waals surface area contributed by atoms with E-state index in [0.717, 1.165) is 0 Å². The van der Waals surface area contributed by atoms with E-state index in [9.17, 15) is 4.79 Å². The Kier molecular flexibility index (Phi) is 3.02. The summed E-state index contributed by atoms with van der Waals surface area (Å²) in [5, 5.41) is 0. The number of nitrogens with two attached hydrogens (primary N) is 1. The van der Waals surface area contributed by atoms with Gasteiger partial charge in [-0.3, -0.25) is 4.79 Å². The lowest BCUT2D eigenvalue weighted by molar-refractivity contribution is 0.0995. The quantitative estimate of drug-likeness (QED) is 0.380. The molecule has 0 aromatic heterocycles. The Bertz CT molecular complexity index is 246. The molecule has 0 aliphatic heterocycles. The summed E-state index contributed by atoms with van der Waals surface area (Å²) in [7, 11) is 0. The molecule has 1 aromatic rings. The maximum Gasteiger partial charge on any atom is 0.189 e. The van der Waals surface area contributed by atoms with Gasteiger partial charge in [0.2, 0.25) is 0 Å². The van der Waals surface area contributed by atoms with Crippen molar-refractivity contribution in [2.45, 2.75) is 4.05 Å². The van der Waals surface area contributed by atoms with E-state index in [1.54, 1.807) is 12.1 Å². The van der Waals surface area contributed by atoms with Crippen molar-refractivity contribution in [3.05, 3.63) is 35.9 Å². The van der Waals surface area contributed by atoms with E-state index in [0.29, 0.717) is 5.56 Å². The number of rotatable bonds is 2. The van der Waals surface area contributed by atoms with Crippen molar-refractivity contribution < 1.29 is 4.79 Å². The Labute approximate surface area is 78.9 Å². The molecule has 0 aliphatic rings. The zero-order valence-corrected chi connectivity index (χ0v) is 7.99. The fourth-order valence-corrected chi connectivity index (χ4v) is 1.12. The van der Waals surface area contributed by atoms with Gasteiger partial charge in [-0.1, -0.05) is 52.9 Å². The van der Waals surface area contributed by atoms with Crippen LogP contribution in [0.2, 0.25) is 0 Å². The zero-order chi connectivity index (χ0) is 8.27. The summed E-state index contributed by atoms with van der Waals surface area (Å²) in [4.78, 5) is 11.2. The van der Waals surface area contributed by atoms with Crippen LogP contribution in [0.4, 0.5) is 0 Å². The van der Waals surface area contributed by atoms with Crippen molar-refractivity contribution in [2.24, 2.45) is 5.73 Å². The van der Waals surface area contributed by atoms with Crippen molar-refractivity contribution >= 4 is 28.4 Å². The largest absolute Gasteiger partial charge is 0.313 e. The molecular weight excluding hydrogens is 253 g/mol. The van der Waals surface area contributed by atoms with Gasteiger partial charge in [0.25, 0.3) is 0 Å². The van der Waals surface area contributed by atoms with Crippen LogP contribution in [-0.4, -0.2) is 9.83 Å². The Balaban J connectivity index is 2.86. The number of hydrogen-bond donors (Lipinski definition) is 1. The van der Waals surface area contributed by atoms with Crippen LogP contribution in [0, 0.1) is 0 Å². The lowest BCUT2D eigenvalue weighted by Crippen LogP contribution is -2.23. The number of ketones is 1. The van der Waals surface area contributed by atoms with E-state index < -0.39 is 4.05 Å². The fourth-order valence-electron chi connectivity index (χ4n) is 0.762. The molecule has 0 radical (unpaired) electrons. The average Bonchev–Trinajstić information content (AvgIpc) is 2.05. The van der Waals surface area contributed by atoms with Crippen LogP contribution in [0.5, 0.6) is 0 Å². The van der Waals surface area contributed by atoms with Gasteiger partial charge in [0.05, 0.1) is 0 Å². The van der Waals surface area contributed by atoms with Gasteiger partial charge >= 0.3 is 0 Å². The zero-order valence-electron chi connectivity index (χ0n) is 5.83. The molecule has 2 nitrogen and oxygen atoms in total. The van der Waals surface area contributed by atoms with Crippen molar-refractivity contribution in [1.29, 1.82) is 0 Å². The predicted molar refractivity (Wildman–Crippen MR) is 52.8 cm³/mol. The molecule has 0 amide bonds. The fraction of sp³-hybridized carbons (Fsp3) is 0.125. The highest BCUT2D eigenvalue weighted by Gasteiger charge is 2.10. The smallest absolute Gasteiger partial charge is 0.189 e. The molecule has 0 spiro atoms. The molecule has 0 bridgehead atoms. The molecule has 3 heteroatoms. The van der Waals surface area contributed by atoms with Gasteiger partial charge in [-0.25, -0.2) is 0 Å². The monoisotopic (exact) mass is 261 g/mol. The van der Waals surface area contributed by atoms with Gasteiger partial charge in [-0.15, -0.1) is 0 Å². The third-order valence-electron chi connectivity index (χ3n) is 1.31. The summed E-state index contributed by atoms with van der Waals surface area (Å²) in [5.41, 5.74) is 6.08. The first-order chi connectivity index (χ1) is 5.22. The van der Waals surface area contributed by atoms with Crippen LogP contribution < -0.4 is 5.73 Å². The number of hydrogen-bond acceptors (Lipinski definition) is 2. The van der Waals surface area contributed by atoms with E-state index in [-0.39, 0.29) is 5.78 Å². The van der Waals surface area contributed by atoms with Crippen molar-refractivity contribution in [1.82, 2.24) is 0 Å². The van der Waals surface area contributed by atoms with Crippen LogP contribution in [-0.2, 0) is 0 Å². The Morgan fingerprint density at radius 1 is 1.36 bits per heavy atom. The minimum absolute atomic E-state index is 0.0220. The molecule has 0 aliphatic carbocycles. The molecule has 0 heterocycles. The summed E-state index contributed by atoms with van der Waals surface area (Å²) in [6.45, 7) is 0. The van der Waals surface area contributed by atoms with Crippen molar-refractivity contribution in [3.8, 4) is 0 Å². The molecule has 11 heavy (non-hydrogen) atoms. The van der Waals surface area contributed by atoms with Gasteiger partial charge < -0.3 is 5.73 Å². The minimum Gasteiger partial charge on any atom is -0.313 e. The first-order valence-corrected chi connectivity index (χ1v) is 4.45. The van der Waals surface area contributed by atoms with Crippen molar-refractivity contribution in [3.63, 3.8) is 0 Å². The maximum atomic E-state index is 11.2. The molecule has 2 N–H and O–H groups in total. The van der Waals surface area contributed by atoms with E-state index in [1.807, 2.05) is 40.8 Å². The summed E-state index contributed by atoms with van der Waals surface area (Å²) >= 11 is 1.90. The van der Waals surface area contributed by atoms with Gasteiger partial charge in [0.1, 0.15) is 4.05 Å². The molecular formula is C8H8INO. The highest BCUT2D eigenvalue weighted by Crippen LogP contribution is 2.05. The molecule has 0 fully saturated rings. The normalized spacial score (nSPS) is 12.5. The first kappa shape index (κ1) is 8.67. The lowest BCUT2D eigenvalue weighted by Gasteiger charge is -2.00. The van der Waals surface area contributed by atoms with Gasteiger partial charge in [-0.05, 0) is 0 Å². The molecule has 58 valence electrons. The number of halogens is 1. The second kappa shape index (κ2) is 3.82. The Hall–Kier alpha value is -0.420. The summed E-state index contributed by atoms with van der Waals surface area (Å²) < 4.78 is -0.435. The average molecular weight is 261 g/mol. The Morgan fingerprint density at radius 3 is 2.36 bits per heavy atom. The molecule has 1 aromatic carbocycles. The third kappa shape index (κ3) is 2.27. The number of alkyl halides is 1. The van der Waals surface area contributed by atoms with Crippen LogP contribution >= 0.6 is 22.6 Å². The second-order valence-electron chi connectivity index (χ2n) is 2.13. The lowest BCUT2D eigenvalue weighted by atomic mass is 10.1. The van der Waals surface area contributed by atoms with E-state index in [4.69, 9.17) is 5.73 Å². The van der Waals surface area contributed by atoms with Crippen LogP contribution in [0.15, 0.2) is 30.3 Å². The molecule has 0 saturated heterocycles. The van der Waals surface area contributed by atoms with Crippen LogP contribution in [0.1, 0.15) is 10.4 Å². The number of carbonyl (C=O) groups excluding carboxylic acids is 1. The van der Waals surface area contributed by atoms with Gasteiger partial charge in [0.15, 0.2) is 5.78 Å². The topological polar surface area (TPSA) is 43.1 Å². The molecule has 1 unspecified atom stereocenters. The number of Topliss-reactive ketones (excluding diaryl/α,β-unsaturated/α-hetero) is 1. The summed E-state index contributed by atoms with van der Waals surface area (Å²) in [6.07, 6.45) is 0. The van der Waals surface area contributed by atoms with Gasteiger partial charge in [0, 0.05) is 5.56 Å². The minimum atomic E-state index is -0.435. The summed E-state index contributed by atoms with van der Waals surface area (Å²) in [6, 6.07) is 9.05. The Morgan fingerprint density at radius 2 is 1.91 bits per heavy atom. The van der Waals surface area contributed by atoms with E-state index in [1.165, 1.54) is 0 Å².